The van der Waals surface area contributed by atoms with E-state index in [9.17, 15) is 0 Å². The van der Waals surface area contributed by atoms with Crippen LogP contribution in [0.1, 0.15) is 11.1 Å². The summed E-state index contributed by atoms with van der Waals surface area (Å²) in [5.74, 6) is 1.35. The smallest absolute Gasteiger partial charge is 0.148 e. The molecule has 5 nitrogen and oxygen atoms in total. The van der Waals surface area contributed by atoms with Crippen LogP contribution < -0.4 is 15.4 Å². The van der Waals surface area contributed by atoms with E-state index in [1.54, 1.807) is 19.4 Å². The van der Waals surface area contributed by atoms with Gasteiger partial charge in [0.1, 0.15) is 17.4 Å². The number of methoxy groups -OCH3 is 1. The van der Waals surface area contributed by atoms with Crippen molar-refractivity contribution in [2.24, 2.45) is 5.73 Å². The monoisotopic (exact) mass is 304 g/mol. The van der Waals surface area contributed by atoms with Gasteiger partial charge in [-0.1, -0.05) is 23.7 Å². The topological polar surface area (TPSA) is 75.2 Å². The Morgan fingerprint density at radius 2 is 2.00 bits per heavy atom. The van der Waals surface area contributed by atoms with Crippen molar-refractivity contribution >= 4 is 23.3 Å². The lowest BCUT2D eigenvalue weighted by molar-refractivity contribution is 0.414. The number of halogens is 1. The van der Waals surface area contributed by atoms with Gasteiger partial charge in [0.05, 0.1) is 12.1 Å². The molecule has 1 heterocycles. The summed E-state index contributed by atoms with van der Waals surface area (Å²) in [5, 5.41) is 7.90. The molecule has 0 unspecified atom stereocenters. The van der Waals surface area contributed by atoms with E-state index in [4.69, 9.17) is 27.5 Å². The number of nitrogens with zero attached hydrogens (tertiary/aromatic N) is 2. The van der Waals surface area contributed by atoms with Crippen molar-refractivity contribution in [3.8, 4) is 5.75 Å². The van der Waals surface area contributed by atoms with Crippen LogP contribution in [0.5, 0.6) is 5.75 Å². The van der Waals surface area contributed by atoms with Gasteiger partial charge in [-0.2, -0.15) is 0 Å². The molecule has 0 fully saturated rings. The minimum atomic E-state index is -0.0681. The molecule has 0 aliphatic rings. The van der Waals surface area contributed by atoms with Crippen LogP contribution in [-0.4, -0.2) is 25.0 Å². The summed E-state index contributed by atoms with van der Waals surface area (Å²) in [6, 6.07) is 9.42. The Hall–Kier alpha value is -2.27. The highest BCUT2D eigenvalue weighted by atomic mass is 35.5. The molecule has 2 aromatic rings. The third-order valence-electron chi connectivity index (χ3n) is 3.10. The Kier molecular flexibility index (Phi) is 4.65. The quantitative estimate of drug-likeness (QED) is 0.658. The summed E-state index contributed by atoms with van der Waals surface area (Å²) in [4.78, 5) is 6.18. The second-order valence-corrected chi connectivity index (χ2v) is 4.99. The first-order valence-corrected chi connectivity index (χ1v) is 6.73. The van der Waals surface area contributed by atoms with Crippen LogP contribution in [-0.2, 0) is 6.54 Å². The summed E-state index contributed by atoms with van der Waals surface area (Å²) in [7, 11) is 3.53. The lowest BCUT2D eigenvalue weighted by atomic mass is 10.2. The highest BCUT2D eigenvalue weighted by Crippen LogP contribution is 2.27. The zero-order valence-electron chi connectivity index (χ0n) is 11.9. The number of pyridine rings is 1. The van der Waals surface area contributed by atoms with Gasteiger partial charge >= 0.3 is 0 Å². The molecule has 0 aliphatic heterocycles. The Balaban J connectivity index is 2.21. The predicted octanol–water partition coefficient (Wildman–Crippen LogP) is 2.66. The molecular weight excluding hydrogens is 288 g/mol. The normalized spacial score (nSPS) is 10.2. The van der Waals surface area contributed by atoms with E-state index in [1.807, 2.05) is 36.2 Å². The van der Waals surface area contributed by atoms with E-state index < -0.39 is 0 Å². The van der Waals surface area contributed by atoms with E-state index in [2.05, 4.69) is 4.98 Å². The number of amidine groups is 1. The molecule has 0 saturated carbocycles. The van der Waals surface area contributed by atoms with Crippen LogP contribution >= 0.6 is 11.6 Å². The van der Waals surface area contributed by atoms with Gasteiger partial charge in [-0.25, -0.2) is 4.98 Å². The van der Waals surface area contributed by atoms with E-state index >= 15 is 0 Å². The van der Waals surface area contributed by atoms with Crippen molar-refractivity contribution < 1.29 is 4.74 Å². The molecule has 21 heavy (non-hydrogen) atoms. The predicted molar refractivity (Wildman–Crippen MR) is 85.4 cm³/mol. The van der Waals surface area contributed by atoms with Crippen molar-refractivity contribution in [1.29, 1.82) is 5.41 Å². The van der Waals surface area contributed by atoms with Gasteiger partial charge < -0.3 is 15.4 Å². The second-order valence-electron chi connectivity index (χ2n) is 4.61. The minimum Gasteiger partial charge on any atom is -0.497 e. The van der Waals surface area contributed by atoms with Gasteiger partial charge in [0.25, 0.3) is 0 Å². The van der Waals surface area contributed by atoms with Crippen LogP contribution in [0, 0.1) is 5.41 Å². The van der Waals surface area contributed by atoms with Crippen LogP contribution in [0.3, 0.4) is 0 Å². The Bertz CT molecular complexity index is 643. The first-order chi connectivity index (χ1) is 10.0. The van der Waals surface area contributed by atoms with Crippen molar-refractivity contribution in [3.05, 3.63) is 52.7 Å². The Morgan fingerprint density at radius 1 is 1.33 bits per heavy atom. The summed E-state index contributed by atoms with van der Waals surface area (Å²) in [6.07, 6.45) is 1.60. The maximum Gasteiger partial charge on any atom is 0.148 e. The number of aromatic nitrogens is 1. The fourth-order valence-electron chi connectivity index (χ4n) is 1.99. The maximum atomic E-state index is 7.51. The molecule has 1 aromatic heterocycles. The number of hydrogen-bond donors (Lipinski definition) is 2. The molecule has 0 saturated heterocycles. The number of nitrogens with two attached hydrogens (primary N) is 1. The largest absolute Gasteiger partial charge is 0.497 e. The standard InChI is InChI=1S/C15H17ClN4O/c1-20(9-10-3-5-11(21-2)6-4-10)15-13(16)12(14(17)18)7-8-19-15/h3-8H,9H2,1-2H3,(H3,17,18). The zero-order valence-corrected chi connectivity index (χ0v) is 12.7. The third kappa shape index (κ3) is 3.44. The van der Waals surface area contributed by atoms with Gasteiger partial charge in [0.2, 0.25) is 0 Å². The van der Waals surface area contributed by atoms with Crippen molar-refractivity contribution in [2.45, 2.75) is 6.54 Å². The number of ether oxygens (including phenoxy) is 1. The molecular formula is C15H17ClN4O. The second kappa shape index (κ2) is 6.45. The summed E-state index contributed by atoms with van der Waals surface area (Å²) in [6.45, 7) is 0.637. The summed E-state index contributed by atoms with van der Waals surface area (Å²) in [5.41, 5.74) is 7.10. The van der Waals surface area contributed by atoms with E-state index in [0.29, 0.717) is 22.9 Å². The first-order valence-electron chi connectivity index (χ1n) is 6.36. The zero-order chi connectivity index (χ0) is 15.4. The number of anilines is 1. The van der Waals surface area contributed by atoms with Crippen LogP contribution in [0.25, 0.3) is 0 Å². The number of rotatable bonds is 5. The highest BCUT2D eigenvalue weighted by Gasteiger charge is 2.13. The van der Waals surface area contributed by atoms with E-state index in [1.165, 1.54) is 0 Å². The molecule has 0 atom stereocenters. The molecule has 0 spiro atoms. The van der Waals surface area contributed by atoms with Crippen LogP contribution in [0.2, 0.25) is 5.02 Å². The van der Waals surface area contributed by atoms with Gasteiger partial charge in [0, 0.05) is 25.4 Å². The van der Waals surface area contributed by atoms with Crippen molar-refractivity contribution in [3.63, 3.8) is 0 Å². The first kappa shape index (κ1) is 15.1. The summed E-state index contributed by atoms with van der Waals surface area (Å²) >= 11 is 6.27. The molecule has 0 amide bonds. The van der Waals surface area contributed by atoms with E-state index in [0.717, 1.165) is 11.3 Å². The molecule has 2 rings (SSSR count). The molecule has 3 N–H and O–H groups in total. The fraction of sp³-hybridized carbons (Fsp3) is 0.200. The third-order valence-corrected chi connectivity index (χ3v) is 3.47. The average molecular weight is 305 g/mol. The van der Waals surface area contributed by atoms with Crippen LogP contribution in [0.4, 0.5) is 5.82 Å². The van der Waals surface area contributed by atoms with Crippen LogP contribution in [0.15, 0.2) is 36.5 Å². The van der Waals surface area contributed by atoms with Gasteiger partial charge in [-0.05, 0) is 23.8 Å². The Morgan fingerprint density at radius 3 is 2.57 bits per heavy atom. The molecule has 6 heteroatoms. The molecule has 0 bridgehead atoms. The Labute approximate surface area is 128 Å². The number of nitrogens with one attached hydrogen (secondary N) is 1. The molecule has 110 valence electrons. The van der Waals surface area contributed by atoms with Gasteiger partial charge in [-0.3, -0.25) is 5.41 Å². The minimum absolute atomic E-state index is 0.0681. The fourth-order valence-corrected chi connectivity index (χ4v) is 2.34. The summed E-state index contributed by atoms with van der Waals surface area (Å²) < 4.78 is 5.14. The lowest BCUT2D eigenvalue weighted by Gasteiger charge is -2.20. The van der Waals surface area contributed by atoms with Crippen molar-refractivity contribution in [2.75, 3.05) is 19.1 Å². The van der Waals surface area contributed by atoms with E-state index in [-0.39, 0.29) is 5.84 Å². The van der Waals surface area contributed by atoms with Gasteiger partial charge in [0.15, 0.2) is 0 Å². The van der Waals surface area contributed by atoms with Crippen molar-refractivity contribution in [1.82, 2.24) is 4.98 Å². The lowest BCUT2D eigenvalue weighted by Crippen LogP contribution is -2.20. The number of nitrogen functional groups attached to an aromatic ring is 1. The molecule has 0 radical (unpaired) electrons. The van der Waals surface area contributed by atoms with Gasteiger partial charge in [-0.15, -0.1) is 0 Å². The number of hydrogen-bond acceptors (Lipinski definition) is 4. The molecule has 0 aliphatic carbocycles. The SMILES string of the molecule is COc1ccc(CN(C)c2nccc(C(=N)N)c2Cl)cc1. The average Bonchev–Trinajstić information content (AvgIpc) is 2.47. The highest BCUT2D eigenvalue weighted by molar-refractivity contribution is 6.36. The maximum absolute atomic E-state index is 7.51. The molecule has 1 aromatic carbocycles. The number of benzene rings is 1.